The molecule has 2 nitrogen and oxygen atoms in total. The summed E-state index contributed by atoms with van der Waals surface area (Å²) in [4.78, 5) is 2.56. The summed E-state index contributed by atoms with van der Waals surface area (Å²) in [6.45, 7) is 6.54. The molecule has 0 aromatic carbocycles. The Hall–Kier alpha value is 0.270. The molecule has 0 bridgehead atoms. The Balaban J connectivity index is 2.20. The topological polar surface area (TPSA) is 12.5 Å². The van der Waals surface area contributed by atoms with Crippen molar-refractivity contribution in [2.24, 2.45) is 0 Å². The van der Waals surface area contributed by atoms with E-state index in [2.05, 4.69) is 31.7 Å². The largest absolute Gasteiger partial charge is 0.318 e. The molecule has 1 saturated heterocycles. The fourth-order valence-corrected chi connectivity index (χ4v) is 2.13. The molecule has 0 spiro atoms. The van der Waals surface area contributed by atoms with Crippen molar-refractivity contribution in [3.63, 3.8) is 0 Å². The number of hydrogen-bond acceptors (Lipinski definition) is 3. The molecule has 12 heavy (non-hydrogen) atoms. The summed E-state index contributed by atoms with van der Waals surface area (Å²) >= 11 is 3.72. The van der Waals surface area contributed by atoms with Gasteiger partial charge in [-0.3, -0.25) is 4.90 Å². The lowest BCUT2D eigenvalue weighted by Crippen LogP contribution is -2.33. The fourth-order valence-electron chi connectivity index (χ4n) is 2.00. The van der Waals surface area contributed by atoms with Crippen molar-refractivity contribution in [1.82, 2.24) is 4.90 Å². The zero-order chi connectivity index (χ0) is 8.97. The van der Waals surface area contributed by atoms with E-state index in [1.54, 1.807) is 0 Å². The smallest absolute Gasteiger partial charge is 0.0622 e. The Bertz CT molecular complexity index is 122. The minimum atomic E-state index is 0.763. The first-order valence-electron chi connectivity index (χ1n) is 4.78. The molecule has 0 unspecified atom stereocenters. The van der Waals surface area contributed by atoms with Gasteiger partial charge in [-0.2, -0.15) is 0 Å². The van der Waals surface area contributed by atoms with Gasteiger partial charge in [-0.05, 0) is 46.0 Å². The highest BCUT2D eigenvalue weighted by Crippen LogP contribution is 2.23. The van der Waals surface area contributed by atoms with Gasteiger partial charge in [-0.25, -0.2) is 0 Å². The van der Waals surface area contributed by atoms with E-state index in [4.69, 9.17) is 4.18 Å². The molecule has 0 saturated carbocycles. The molecule has 1 heterocycles. The molecule has 1 rings (SSSR count). The van der Waals surface area contributed by atoms with Gasteiger partial charge in [-0.15, -0.1) is 0 Å². The number of likely N-dealkylation sites (tertiary alicyclic amines) is 1. The van der Waals surface area contributed by atoms with E-state index in [9.17, 15) is 0 Å². The molecule has 0 aromatic rings. The number of thiol groups is 1. The summed E-state index contributed by atoms with van der Waals surface area (Å²) in [6.07, 6.45) is 3.80. The Morgan fingerprint density at radius 1 is 1.33 bits per heavy atom. The second-order valence-corrected chi connectivity index (χ2v) is 3.96. The lowest BCUT2D eigenvalue weighted by atomic mass is 10.2. The van der Waals surface area contributed by atoms with Crippen LogP contribution in [0.5, 0.6) is 0 Å². The first kappa shape index (κ1) is 10.4. The predicted molar refractivity (Wildman–Crippen MR) is 54.4 cm³/mol. The zero-order valence-corrected chi connectivity index (χ0v) is 8.89. The predicted octanol–water partition coefficient (Wildman–Crippen LogP) is 2.11. The highest BCUT2D eigenvalue weighted by molar-refractivity contribution is 7.75. The molecule has 0 N–H and O–H groups in total. The van der Waals surface area contributed by atoms with Crippen LogP contribution in [-0.4, -0.2) is 30.1 Å². The molecule has 0 radical (unpaired) electrons. The molecule has 0 amide bonds. The monoisotopic (exact) mass is 189 g/mol. The number of hydrogen-bond donors (Lipinski definition) is 1. The number of rotatable bonds is 4. The van der Waals surface area contributed by atoms with Gasteiger partial charge in [-0.1, -0.05) is 0 Å². The van der Waals surface area contributed by atoms with Gasteiger partial charge in [0, 0.05) is 18.6 Å². The normalized spacial score (nSPS) is 31.2. The van der Waals surface area contributed by atoms with E-state index in [1.165, 1.54) is 12.8 Å². The molecule has 3 heteroatoms. The summed E-state index contributed by atoms with van der Waals surface area (Å²) in [6, 6.07) is 1.53. The third-order valence-electron chi connectivity index (χ3n) is 2.79. The first-order valence-corrected chi connectivity index (χ1v) is 5.14. The average Bonchev–Trinajstić information content (AvgIpc) is 2.35. The molecule has 1 aliphatic rings. The van der Waals surface area contributed by atoms with Gasteiger partial charge in [0.15, 0.2) is 0 Å². The standard InChI is InChI=1S/C9H19NOS/c1-8-4-5-9(2)10(8)6-3-7-11-12/h8-9,12H,3-7H2,1-2H3/t8-,9+. The van der Waals surface area contributed by atoms with Crippen LogP contribution in [0.15, 0.2) is 0 Å². The Labute approximate surface area is 80.9 Å². The average molecular weight is 189 g/mol. The van der Waals surface area contributed by atoms with Crippen LogP contribution < -0.4 is 0 Å². The minimum Gasteiger partial charge on any atom is -0.318 e. The van der Waals surface area contributed by atoms with Gasteiger partial charge in [0.05, 0.1) is 6.61 Å². The first-order chi connectivity index (χ1) is 5.75. The van der Waals surface area contributed by atoms with E-state index in [-0.39, 0.29) is 0 Å². The van der Waals surface area contributed by atoms with Crippen LogP contribution in [0.1, 0.15) is 33.1 Å². The van der Waals surface area contributed by atoms with Crippen molar-refractivity contribution in [3.05, 3.63) is 0 Å². The van der Waals surface area contributed by atoms with Crippen molar-refractivity contribution >= 4 is 12.9 Å². The van der Waals surface area contributed by atoms with Crippen LogP contribution >= 0.6 is 12.9 Å². The molecular weight excluding hydrogens is 170 g/mol. The minimum absolute atomic E-state index is 0.763. The SMILES string of the molecule is C[C@@H]1CC[C@H](C)N1CCCOS. The van der Waals surface area contributed by atoms with E-state index in [0.29, 0.717) is 0 Å². The maximum absolute atomic E-state index is 4.74. The van der Waals surface area contributed by atoms with Gasteiger partial charge in [0.1, 0.15) is 0 Å². The van der Waals surface area contributed by atoms with Crippen molar-refractivity contribution in [1.29, 1.82) is 0 Å². The molecule has 2 atom stereocenters. The molecule has 72 valence electrons. The molecule has 1 fully saturated rings. The summed E-state index contributed by atoms with van der Waals surface area (Å²) in [7, 11) is 0. The van der Waals surface area contributed by atoms with Gasteiger partial charge in [0.2, 0.25) is 0 Å². The fraction of sp³-hybridized carbons (Fsp3) is 1.00. The molecule has 0 aromatic heterocycles. The third kappa shape index (κ3) is 2.64. The van der Waals surface area contributed by atoms with E-state index < -0.39 is 0 Å². The summed E-state index contributed by atoms with van der Waals surface area (Å²) in [5.74, 6) is 0. The van der Waals surface area contributed by atoms with Crippen molar-refractivity contribution in [2.75, 3.05) is 13.2 Å². The van der Waals surface area contributed by atoms with Crippen LogP contribution in [-0.2, 0) is 4.18 Å². The number of nitrogens with zero attached hydrogens (tertiary/aromatic N) is 1. The maximum Gasteiger partial charge on any atom is 0.0622 e. The second kappa shape index (κ2) is 5.10. The van der Waals surface area contributed by atoms with Crippen LogP contribution in [0.4, 0.5) is 0 Å². The van der Waals surface area contributed by atoms with Gasteiger partial charge < -0.3 is 4.18 Å². The Morgan fingerprint density at radius 3 is 2.42 bits per heavy atom. The summed E-state index contributed by atoms with van der Waals surface area (Å²) in [5, 5.41) is 0. The van der Waals surface area contributed by atoms with Crippen molar-refractivity contribution < 1.29 is 4.18 Å². The van der Waals surface area contributed by atoms with Crippen LogP contribution in [0.2, 0.25) is 0 Å². The van der Waals surface area contributed by atoms with Crippen LogP contribution in [0.3, 0.4) is 0 Å². The molecular formula is C9H19NOS. The van der Waals surface area contributed by atoms with Crippen molar-refractivity contribution in [2.45, 2.75) is 45.2 Å². The van der Waals surface area contributed by atoms with E-state index in [1.807, 2.05) is 0 Å². The zero-order valence-electron chi connectivity index (χ0n) is 7.99. The van der Waals surface area contributed by atoms with Crippen molar-refractivity contribution in [3.8, 4) is 0 Å². The quantitative estimate of drug-likeness (QED) is 0.413. The summed E-state index contributed by atoms with van der Waals surface area (Å²) in [5.41, 5.74) is 0. The van der Waals surface area contributed by atoms with Gasteiger partial charge in [0.25, 0.3) is 0 Å². The lowest BCUT2D eigenvalue weighted by molar-refractivity contribution is 0.198. The van der Waals surface area contributed by atoms with Gasteiger partial charge >= 0.3 is 0 Å². The summed E-state index contributed by atoms with van der Waals surface area (Å²) < 4.78 is 4.74. The highest BCUT2D eigenvalue weighted by atomic mass is 32.1. The third-order valence-corrected chi connectivity index (χ3v) is 2.97. The molecule has 0 aliphatic carbocycles. The van der Waals surface area contributed by atoms with E-state index in [0.717, 1.165) is 31.7 Å². The van der Waals surface area contributed by atoms with Crippen LogP contribution in [0.25, 0.3) is 0 Å². The Kier molecular flexibility index (Phi) is 4.40. The second-order valence-electron chi connectivity index (χ2n) is 3.70. The Morgan fingerprint density at radius 2 is 1.92 bits per heavy atom. The molecule has 1 aliphatic heterocycles. The highest BCUT2D eigenvalue weighted by Gasteiger charge is 2.25. The lowest BCUT2D eigenvalue weighted by Gasteiger charge is -2.25. The van der Waals surface area contributed by atoms with Crippen LogP contribution in [0, 0.1) is 0 Å². The van der Waals surface area contributed by atoms with E-state index >= 15 is 0 Å². The maximum atomic E-state index is 4.74.